The number of carbonyl (C=O) groups is 1. The van der Waals surface area contributed by atoms with Gasteiger partial charge in [0.1, 0.15) is 17.3 Å². The highest BCUT2D eigenvalue weighted by Gasteiger charge is 2.29. The fourth-order valence-electron chi connectivity index (χ4n) is 2.16. The van der Waals surface area contributed by atoms with E-state index >= 15 is 0 Å². The number of nitrogens with one attached hydrogen (secondary N) is 1. The van der Waals surface area contributed by atoms with E-state index in [0.29, 0.717) is 0 Å². The van der Waals surface area contributed by atoms with Gasteiger partial charge in [0.05, 0.1) is 10.6 Å². The highest BCUT2D eigenvalue weighted by atomic mass is 35.5. The minimum absolute atomic E-state index is 0.0128. The summed E-state index contributed by atoms with van der Waals surface area (Å²) in [5.41, 5.74) is 0.255. The van der Waals surface area contributed by atoms with Gasteiger partial charge >= 0.3 is 5.97 Å². The molecular formula is C17H15ClFNO4S. The van der Waals surface area contributed by atoms with E-state index in [0.717, 1.165) is 18.9 Å². The molecule has 0 atom stereocenters. The van der Waals surface area contributed by atoms with E-state index in [1.165, 1.54) is 30.3 Å². The van der Waals surface area contributed by atoms with Gasteiger partial charge in [-0.25, -0.2) is 22.3 Å². The van der Waals surface area contributed by atoms with Crippen LogP contribution in [0.5, 0.6) is 0 Å². The van der Waals surface area contributed by atoms with Gasteiger partial charge in [0.15, 0.2) is 0 Å². The molecule has 0 spiro atoms. The zero-order valence-corrected chi connectivity index (χ0v) is 14.6. The number of ether oxygens (including phenoxy) is 1. The molecule has 0 amide bonds. The fourth-order valence-corrected chi connectivity index (χ4v) is 3.99. The van der Waals surface area contributed by atoms with E-state index in [1.807, 2.05) is 0 Å². The number of rotatable bonds is 6. The summed E-state index contributed by atoms with van der Waals surface area (Å²) in [6.07, 6.45) is 1.56. The van der Waals surface area contributed by atoms with Crippen LogP contribution < -0.4 is 4.72 Å². The normalized spacial score (nSPS) is 14.3. The number of hydrogen-bond acceptors (Lipinski definition) is 4. The second kappa shape index (κ2) is 7.11. The van der Waals surface area contributed by atoms with E-state index in [2.05, 4.69) is 4.72 Å². The summed E-state index contributed by atoms with van der Waals surface area (Å²) in [6.45, 7) is -0.253. The number of benzene rings is 2. The standard InChI is InChI=1S/C17H15ClFNO4S/c18-14-8-5-11(9-16(14)25(22,23)20-13-6-7-13)17(21)24-10-12-3-1-2-4-15(12)19/h1-5,8-9,13,20H,6-7,10H2. The lowest BCUT2D eigenvalue weighted by Gasteiger charge is -2.10. The van der Waals surface area contributed by atoms with Crippen molar-refractivity contribution in [2.75, 3.05) is 0 Å². The molecule has 1 N–H and O–H groups in total. The van der Waals surface area contributed by atoms with Crippen LogP contribution in [-0.4, -0.2) is 20.4 Å². The molecule has 0 saturated heterocycles. The molecule has 8 heteroatoms. The first-order chi connectivity index (χ1) is 11.9. The molecule has 1 saturated carbocycles. The van der Waals surface area contributed by atoms with Crippen LogP contribution in [0.25, 0.3) is 0 Å². The van der Waals surface area contributed by atoms with Gasteiger partial charge in [-0.15, -0.1) is 0 Å². The van der Waals surface area contributed by atoms with Crippen LogP contribution in [0.1, 0.15) is 28.8 Å². The molecule has 132 valence electrons. The van der Waals surface area contributed by atoms with Gasteiger partial charge < -0.3 is 4.74 Å². The Balaban J connectivity index is 1.77. The Kier molecular flexibility index (Phi) is 5.08. The second-order valence-corrected chi connectivity index (χ2v) is 7.80. The van der Waals surface area contributed by atoms with Gasteiger partial charge in [-0.05, 0) is 37.1 Å². The van der Waals surface area contributed by atoms with Crippen molar-refractivity contribution in [2.45, 2.75) is 30.4 Å². The highest BCUT2D eigenvalue weighted by Crippen LogP contribution is 2.27. The molecule has 1 aliphatic carbocycles. The molecule has 0 heterocycles. The Morgan fingerprint density at radius 2 is 1.96 bits per heavy atom. The molecule has 2 aromatic carbocycles. The van der Waals surface area contributed by atoms with Crippen molar-refractivity contribution in [2.24, 2.45) is 0 Å². The number of halogens is 2. The number of hydrogen-bond donors (Lipinski definition) is 1. The molecule has 0 aromatic heterocycles. The van der Waals surface area contributed by atoms with E-state index in [4.69, 9.17) is 16.3 Å². The summed E-state index contributed by atoms with van der Waals surface area (Å²) in [6, 6.07) is 9.69. The number of carbonyl (C=O) groups excluding carboxylic acids is 1. The zero-order valence-electron chi connectivity index (χ0n) is 13.0. The molecule has 25 heavy (non-hydrogen) atoms. The van der Waals surface area contributed by atoms with Crippen LogP contribution in [0.15, 0.2) is 47.4 Å². The smallest absolute Gasteiger partial charge is 0.338 e. The minimum atomic E-state index is -3.81. The van der Waals surface area contributed by atoms with Crippen molar-refractivity contribution in [3.63, 3.8) is 0 Å². The van der Waals surface area contributed by atoms with Crippen molar-refractivity contribution >= 4 is 27.6 Å². The first kappa shape index (κ1) is 17.8. The number of esters is 1. The molecule has 1 aliphatic rings. The summed E-state index contributed by atoms with van der Waals surface area (Å²) in [5, 5.41) is 0.0128. The largest absolute Gasteiger partial charge is 0.457 e. The maximum absolute atomic E-state index is 13.5. The average molecular weight is 384 g/mol. The van der Waals surface area contributed by atoms with Crippen molar-refractivity contribution in [1.29, 1.82) is 0 Å². The van der Waals surface area contributed by atoms with E-state index in [9.17, 15) is 17.6 Å². The van der Waals surface area contributed by atoms with Crippen molar-refractivity contribution in [3.05, 3.63) is 64.4 Å². The summed E-state index contributed by atoms with van der Waals surface area (Å²) in [7, 11) is -3.81. The van der Waals surface area contributed by atoms with Crippen molar-refractivity contribution in [3.8, 4) is 0 Å². The third-order valence-corrected chi connectivity index (χ3v) is 5.67. The summed E-state index contributed by atoms with van der Waals surface area (Å²) >= 11 is 5.96. The van der Waals surface area contributed by atoms with Gasteiger partial charge in [-0.3, -0.25) is 0 Å². The zero-order chi connectivity index (χ0) is 18.0. The Morgan fingerprint density at radius 3 is 2.64 bits per heavy atom. The van der Waals surface area contributed by atoms with Crippen LogP contribution in [-0.2, 0) is 21.4 Å². The third kappa shape index (κ3) is 4.36. The molecule has 5 nitrogen and oxygen atoms in total. The van der Waals surface area contributed by atoms with Crippen LogP contribution in [0.3, 0.4) is 0 Å². The first-order valence-corrected chi connectivity index (χ1v) is 9.45. The molecule has 0 bridgehead atoms. The maximum atomic E-state index is 13.5. The molecule has 3 rings (SSSR count). The minimum Gasteiger partial charge on any atom is -0.457 e. The van der Waals surface area contributed by atoms with E-state index in [1.54, 1.807) is 6.07 Å². The first-order valence-electron chi connectivity index (χ1n) is 7.59. The van der Waals surface area contributed by atoms with Gasteiger partial charge in [0.25, 0.3) is 0 Å². The van der Waals surface area contributed by atoms with Gasteiger partial charge in [0, 0.05) is 11.6 Å². The monoisotopic (exact) mass is 383 g/mol. The lowest BCUT2D eigenvalue weighted by atomic mass is 10.2. The van der Waals surface area contributed by atoms with Crippen molar-refractivity contribution in [1.82, 2.24) is 4.72 Å². The SMILES string of the molecule is O=C(OCc1ccccc1F)c1ccc(Cl)c(S(=O)(=O)NC2CC2)c1. The van der Waals surface area contributed by atoms with Gasteiger partial charge in [0.2, 0.25) is 10.0 Å². The predicted molar refractivity (Wildman–Crippen MR) is 90.3 cm³/mol. The fraction of sp³-hybridized carbons (Fsp3) is 0.235. The van der Waals surface area contributed by atoms with Crippen LogP contribution in [0.2, 0.25) is 5.02 Å². The van der Waals surface area contributed by atoms with Crippen LogP contribution in [0.4, 0.5) is 4.39 Å². The highest BCUT2D eigenvalue weighted by molar-refractivity contribution is 7.89. The lowest BCUT2D eigenvalue weighted by Crippen LogP contribution is -2.26. The molecular weight excluding hydrogens is 369 g/mol. The summed E-state index contributed by atoms with van der Waals surface area (Å²) < 4.78 is 45.7. The Bertz CT molecular complexity index is 913. The van der Waals surface area contributed by atoms with Crippen LogP contribution in [0, 0.1) is 5.82 Å². The molecule has 0 aliphatic heterocycles. The quantitative estimate of drug-likeness (QED) is 0.777. The maximum Gasteiger partial charge on any atom is 0.338 e. The Hall–Kier alpha value is -1.96. The Labute approximate surface area is 149 Å². The summed E-state index contributed by atoms with van der Waals surface area (Å²) in [4.78, 5) is 12.0. The third-order valence-electron chi connectivity index (χ3n) is 3.67. The second-order valence-electron chi connectivity index (χ2n) is 5.71. The van der Waals surface area contributed by atoms with Gasteiger partial charge in [-0.1, -0.05) is 29.8 Å². The van der Waals surface area contributed by atoms with Crippen molar-refractivity contribution < 1.29 is 22.3 Å². The molecule has 1 fully saturated rings. The average Bonchev–Trinajstić information content (AvgIpc) is 3.37. The Morgan fingerprint density at radius 1 is 1.24 bits per heavy atom. The molecule has 2 aromatic rings. The molecule has 0 unspecified atom stereocenters. The number of sulfonamides is 1. The summed E-state index contributed by atoms with van der Waals surface area (Å²) in [5.74, 6) is -1.24. The van der Waals surface area contributed by atoms with E-state index in [-0.39, 0.29) is 33.7 Å². The lowest BCUT2D eigenvalue weighted by molar-refractivity contribution is 0.0468. The molecule has 0 radical (unpaired) electrons. The van der Waals surface area contributed by atoms with Gasteiger partial charge in [-0.2, -0.15) is 0 Å². The predicted octanol–water partition coefficient (Wildman–Crippen LogP) is 3.28. The van der Waals surface area contributed by atoms with E-state index < -0.39 is 21.8 Å². The van der Waals surface area contributed by atoms with Crippen LogP contribution >= 0.6 is 11.6 Å². The topological polar surface area (TPSA) is 72.5 Å².